The highest BCUT2D eigenvalue weighted by atomic mass is 19.1. The van der Waals surface area contributed by atoms with Gasteiger partial charge in [-0.3, -0.25) is 4.79 Å². The van der Waals surface area contributed by atoms with Crippen LogP contribution >= 0.6 is 0 Å². The molecule has 0 bridgehead atoms. The fourth-order valence-electron chi connectivity index (χ4n) is 2.71. The molecule has 0 spiro atoms. The van der Waals surface area contributed by atoms with Crippen LogP contribution in [-0.4, -0.2) is 5.91 Å². The van der Waals surface area contributed by atoms with E-state index in [1.165, 1.54) is 17.2 Å². The molecule has 0 atom stereocenters. The Morgan fingerprint density at radius 3 is 2.67 bits per heavy atom. The van der Waals surface area contributed by atoms with Crippen LogP contribution < -0.4 is 5.32 Å². The highest BCUT2D eigenvalue weighted by Crippen LogP contribution is 2.23. The molecule has 0 aliphatic heterocycles. The Labute approximate surface area is 121 Å². The summed E-state index contributed by atoms with van der Waals surface area (Å²) in [6.45, 7) is 0. The predicted molar refractivity (Wildman–Crippen MR) is 77.2 cm³/mol. The van der Waals surface area contributed by atoms with Crippen LogP contribution in [0.15, 0.2) is 36.4 Å². The van der Waals surface area contributed by atoms with Crippen molar-refractivity contribution in [3.63, 3.8) is 0 Å². The Hall–Kier alpha value is -2.23. The van der Waals surface area contributed by atoms with Crippen LogP contribution in [0.25, 0.3) is 0 Å². The van der Waals surface area contributed by atoms with Crippen molar-refractivity contribution in [2.45, 2.75) is 25.7 Å². The molecule has 3 rings (SSSR count). The molecule has 1 aliphatic carbocycles. The van der Waals surface area contributed by atoms with Crippen molar-refractivity contribution in [2.24, 2.45) is 0 Å². The van der Waals surface area contributed by atoms with E-state index in [1.807, 2.05) is 12.1 Å². The third kappa shape index (κ3) is 3.10. The van der Waals surface area contributed by atoms with Crippen LogP contribution in [0.4, 0.5) is 14.5 Å². The number of carbonyl (C=O) groups excluding carboxylic acids is 1. The zero-order valence-electron chi connectivity index (χ0n) is 11.5. The van der Waals surface area contributed by atoms with E-state index in [0.717, 1.165) is 37.0 Å². The number of rotatable bonds is 3. The first-order valence-corrected chi connectivity index (χ1v) is 6.97. The van der Waals surface area contributed by atoms with Gasteiger partial charge in [-0.05, 0) is 48.1 Å². The third-order valence-electron chi connectivity index (χ3n) is 3.73. The second-order valence-corrected chi connectivity index (χ2v) is 5.31. The number of anilines is 1. The van der Waals surface area contributed by atoms with Gasteiger partial charge in [0.05, 0.1) is 12.1 Å². The summed E-state index contributed by atoms with van der Waals surface area (Å²) in [6, 6.07) is 9.14. The number of hydrogen-bond donors (Lipinski definition) is 1. The number of hydrogen-bond acceptors (Lipinski definition) is 1. The van der Waals surface area contributed by atoms with Crippen LogP contribution in [0.2, 0.25) is 0 Å². The van der Waals surface area contributed by atoms with Crippen molar-refractivity contribution in [1.29, 1.82) is 0 Å². The second kappa shape index (κ2) is 5.64. The molecule has 1 aliphatic rings. The lowest BCUT2D eigenvalue weighted by molar-refractivity contribution is -0.115. The summed E-state index contributed by atoms with van der Waals surface area (Å²) in [5.74, 6) is -1.74. The minimum absolute atomic E-state index is 0.00237. The molecular weight excluding hydrogens is 272 g/mol. The van der Waals surface area contributed by atoms with E-state index in [1.54, 1.807) is 0 Å². The van der Waals surface area contributed by atoms with Crippen molar-refractivity contribution >= 4 is 11.6 Å². The maximum Gasteiger partial charge on any atom is 0.228 e. The Kier molecular flexibility index (Phi) is 3.69. The number of halogens is 2. The minimum Gasteiger partial charge on any atom is -0.323 e. The molecule has 1 amide bonds. The highest BCUT2D eigenvalue weighted by molar-refractivity contribution is 5.92. The summed E-state index contributed by atoms with van der Waals surface area (Å²) in [4.78, 5) is 11.9. The summed E-state index contributed by atoms with van der Waals surface area (Å²) in [5.41, 5.74) is 3.57. The molecule has 0 saturated carbocycles. The van der Waals surface area contributed by atoms with Gasteiger partial charge in [-0.1, -0.05) is 18.2 Å². The third-order valence-corrected chi connectivity index (χ3v) is 3.73. The Bertz CT molecular complexity index is 697. The van der Waals surface area contributed by atoms with Gasteiger partial charge in [0, 0.05) is 6.07 Å². The topological polar surface area (TPSA) is 29.1 Å². The van der Waals surface area contributed by atoms with Crippen molar-refractivity contribution in [2.75, 3.05) is 5.32 Å². The number of benzene rings is 2. The largest absolute Gasteiger partial charge is 0.323 e. The fourth-order valence-corrected chi connectivity index (χ4v) is 2.71. The lowest BCUT2D eigenvalue weighted by Gasteiger charge is -2.08. The van der Waals surface area contributed by atoms with E-state index < -0.39 is 11.6 Å². The lowest BCUT2D eigenvalue weighted by Crippen LogP contribution is -2.15. The SMILES string of the molecule is O=C(Cc1ccc2c(c1)CCC2)Nc1ccc(F)cc1F. The molecule has 0 fully saturated rings. The molecule has 2 nitrogen and oxygen atoms in total. The molecule has 0 unspecified atom stereocenters. The van der Waals surface area contributed by atoms with E-state index in [0.29, 0.717) is 0 Å². The number of carbonyl (C=O) groups is 1. The zero-order chi connectivity index (χ0) is 14.8. The molecule has 1 N–H and O–H groups in total. The van der Waals surface area contributed by atoms with Gasteiger partial charge in [-0.15, -0.1) is 0 Å². The van der Waals surface area contributed by atoms with Crippen molar-refractivity contribution in [1.82, 2.24) is 0 Å². The molecule has 0 aromatic heterocycles. The van der Waals surface area contributed by atoms with Gasteiger partial charge in [0.1, 0.15) is 11.6 Å². The Morgan fingerprint density at radius 1 is 1.05 bits per heavy atom. The average Bonchev–Trinajstić information content (AvgIpc) is 2.89. The Balaban J connectivity index is 1.69. The summed E-state index contributed by atoms with van der Waals surface area (Å²) >= 11 is 0. The molecule has 108 valence electrons. The molecular formula is C17H15F2NO. The van der Waals surface area contributed by atoms with Gasteiger partial charge in [0.2, 0.25) is 5.91 Å². The second-order valence-electron chi connectivity index (χ2n) is 5.31. The van der Waals surface area contributed by atoms with Crippen LogP contribution in [-0.2, 0) is 24.1 Å². The van der Waals surface area contributed by atoms with Gasteiger partial charge in [0.15, 0.2) is 0 Å². The van der Waals surface area contributed by atoms with Crippen molar-refractivity contribution in [3.8, 4) is 0 Å². The van der Waals surface area contributed by atoms with Crippen molar-refractivity contribution < 1.29 is 13.6 Å². The quantitative estimate of drug-likeness (QED) is 0.917. The number of amides is 1. The minimum atomic E-state index is -0.766. The highest BCUT2D eigenvalue weighted by Gasteiger charge is 2.13. The average molecular weight is 287 g/mol. The van der Waals surface area contributed by atoms with Gasteiger partial charge < -0.3 is 5.32 Å². The number of fused-ring (bicyclic) bond motifs is 1. The van der Waals surface area contributed by atoms with Gasteiger partial charge in [0.25, 0.3) is 0 Å². The van der Waals surface area contributed by atoms with E-state index in [-0.39, 0.29) is 18.0 Å². The lowest BCUT2D eigenvalue weighted by atomic mass is 10.0. The maximum absolute atomic E-state index is 13.5. The summed E-state index contributed by atoms with van der Waals surface area (Å²) in [6.07, 6.45) is 3.50. The summed E-state index contributed by atoms with van der Waals surface area (Å²) in [7, 11) is 0. The summed E-state index contributed by atoms with van der Waals surface area (Å²) in [5, 5.41) is 2.47. The molecule has 2 aromatic rings. The van der Waals surface area contributed by atoms with Crippen LogP contribution in [0.1, 0.15) is 23.1 Å². The number of aryl methyl sites for hydroxylation is 2. The predicted octanol–water partition coefficient (Wildman–Crippen LogP) is 3.63. The molecule has 21 heavy (non-hydrogen) atoms. The standard InChI is InChI=1S/C17H15F2NO/c18-14-6-7-16(15(19)10-14)20-17(21)9-11-4-5-12-2-1-3-13(12)8-11/h4-8,10H,1-3,9H2,(H,20,21). The van der Waals surface area contributed by atoms with Crippen LogP contribution in [0.5, 0.6) is 0 Å². The first-order valence-electron chi connectivity index (χ1n) is 6.97. The molecule has 2 aromatic carbocycles. The molecule has 0 heterocycles. The van der Waals surface area contributed by atoms with Gasteiger partial charge in [-0.25, -0.2) is 8.78 Å². The first kappa shape index (κ1) is 13.7. The fraction of sp³-hybridized carbons (Fsp3) is 0.235. The number of nitrogens with one attached hydrogen (secondary N) is 1. The van der Waals surface area contributed by atoms with E-state index in [9.17, 15) is 13.6 Å². The zero-order valence-corrected chi connectivity index (χ0v) is 11.5. The van der Waals surface area contributed by atoms with Gasteiger partial charge >= 0.3 is 0 Å². The molecule has 0 radical (unpaired) electrons. The first-order chi connectivity index (χ1) is 10.1. The summed E-state index contributed by atoms with van der Waals surface area (Å²) < 4.78 is 26.3. The van der Waals surface area contributed by atoms with E-state index in [4.69, 9.17) is 0 Å². The Morgan fingerprint density at radius 2 is 1.86 bits per heavy atom. The maximum atomic E-state index is 13.5. The normalized spacial score (nSPS) is 13.0. The van der Waals surface area contributed by atoms with E-state index in [2.05, 4.69) is 11.4 Å². The van der Waals surface area contributed by atoms with Gasteiger partial charge in [-0.2, -0.15) is 0 Å². The van der Waals surface area contributed by atoms with Crippen LogP contribution in [0, 0.1) is 11.6 Å². The van der Waals surface area contributed by atoms with E-state index >= 15 is 0 Å². The monoisotopic (exact) mass is 287 g/mol. The molecule has 0 saturated heterocycles. The smallest absolute Gasteiger partial charge is 0.228 e. The molecule has 4 heteroatoms. The van der Waals surface area contributed by atoms with Crippen LogP contribution in [0.3, 0.4) is 0 Å². The van der Waals surface area contributed by atoms with Crippen molar-refractivity contribution in [3.05, 3.63) is 64.7 Å².